The van der Waals surface area contributed by atoms with E-state index >= 15 is 0 Å². The van der Waals surface area contributed by atoms with Crippen molar-refractivity contribution in [3.05, 3.63) is 0 Å². The molecule has 0 atom stereocenters. The fourth-order valence-electron chi connectivity index (χ4n) is 0. The van der Waals surface area contributed by atoms with Gasteiger partial charge in [0.05, 0.1) is 0 Å². The van der Waals surface area contributed by atoms with Gasteiger partial charge in [0.25, 0.3) is 0 Å². The van der Waals surface area contributed by atoms with Gasteiger partial charge in [0, 0.05) is 0 Å². The van der Waals surface area contributed by atoms with Crippen LogP contribution in [-0.4, -0.2) is 0 Å². The molecule has 0 nitrogen and oxygen atoms in total. The number of hydrogen-bond acceptors (Lipinski definition) is 0. The van der Waals surface area contributed by atoms with E-state index in [1.807, 2.05) is 0 Å². The molecular weight excluding hydrogens is 148 g/mol. The first-order valence-electron chi connectivity index (χ1n) is 1.91. The van der Waals surface area contributed by atoms with Gasteiger partial charge in [0.15, 0.2) is 0 Å². The van der Waals surface area contributed by atoms with Crippen molar-refractivity contribution in [1.82, 2.24) is 0 Å². The van der Waals surface area contributed by atoms with E-state index in [0.29, 0.717) is 0 Å². The van der Waals surface area contributed by atoms with Crippen LogP contribution in [0.25, 0.3) is 0 Å². The molecule has 1 heteroatoms. The third kappa shape index (κ3) is 2.92. The Hall–Kier alpha value is 0.922. The van der Waals surface area contributed by atoms with Crippen molar-refractivity contribution >= 4 is 0 Å². The van der Waals surface area contributed by atoms with Gasteiger partial charge in [0.2, 0.25) is 0 Å². The van der Waals surface area contributed by atoms with Crippen LogP contribution in [0.4, 0.5) is 0 Å². The average Bonchev–Trinajstić information content (AvgIpc) is 1.37. The van der Waals surface area contributed by atoms with E-state index in [4.69, 9.17) is 0 Å². The summed E-state index contributed by atoms with van der Waals surface area (Å²) in [5.74, 6) is 0. The third-order valence-electron chi connectivity index (χ3n) is 0.500. The van der Waals surface area contributed by atoms with Crippen molar-refractivity contribution in [2.24, 2.45) is 0 Å². The number of hydrogen-bond donors (Lipinski definition) is 0. The molecule has 0 aliphatic carbocycles. The summed E-state index contributed by atoms with van der Waals surface area (Å²) in [6, 6.07) is 0. The summed E-state index contributed by atoms with van der Waals surface area (Å²) < 4.78 is 3.92. The molecule has 0 saturated carbocycles. The van der Waals surface area contributed by atoms with Gasteiger partial charge in [-0.15, -0.1) is 0 Å². The molecule has 0 aromatic carbocycles. The van der Waals surface area contributed by atoms with Gasteiger partial charge in [-0.25, -0.2) is 0 Å². The molecule has 0 aliphatic heterocycles. The van der Waals surface area contributed by atoms with Crippen molar-refractivity contribution in [3.63, 3.8) is 0 Å². The Kier molecular flexibility index (Phi) is 4.83. The predicted octanol–water partition coefficient (Wildman–Crippen LogP) is 1.56. The van der Waals surface area contributed by atoms with Crippen LogP contribution in [0.3, 0.4) is 0 Å². The predicted molar refractivity (Wildman–Crippen MR) is 16.3 cm³/mol. The van der Waals surface area contributed by atoms with Crippen molar-refractivity contribution in [3.8, 4) is 0 Å². The molecule has 22 valence electrons. The van der Waals surface area contributed by atoms with Crippen molar-refractivity contribution in [1.29, 1.82) is 0 Å². The second-order valence-electron chi connectivity index (χ2n) is 1.000. The van der Waals surface area contributed by atoms with Crippen molar-refractivity contribution in [2.45, 2.75) is 15.4 Å². The monoisotopic (exact) mass is 158 g/mol. The third-order valence-corrected chi connectivity index (χ3v) is 3.35. The van der Waals surface area contributed by atoms with E-state index in [1.54, 1.807) is 0 Å². The molecule has 0 radical (unpaired) electrons. The molecule has 0 aliphatic rings. The van der Waals surface area contributed by atoms with E-state index in [0.717, 1.165) is 0 Å². The maximum atomic E-state index is 2.39. The quantitative estimate of drug-likeness (QED) is 0.506. The Morgan fingerprint density at radius 3 is 2.00 bits per heavy atom. The molecule has 4 heavy (non-hydrogen) atoms. The summed E-state index contributed by atoms with van der Waals surface area (Å²) in [5.41, 5.74) is 0. The zero-order valence-electron chi connectivity index (χ0n) is 3.41. The molecule has 0 spiro atoms. The van der Waals surface area contributed by atoms with Gasteiger partial charge in [-0.2, -0.15) is 0 Å². The van der Waals surface area contributed by atoms with Gasteiger partial charge in [-0.1, -0.05) is 0 Å². The summed E-state index contributed by atoms with van der Waals surface area (Å²) in [4.78, 5) is 0. The first-order chi connectivity index (χ1) is 1.91. The maximum absolute atomic E-state index is 2.39. The van der Waals surface area contributed by atoms with Crippen LogP contribution >= 0.6 is 0 Å². The van der Waals surface area contributed by atoms with Crippen molar-refractivity contribution < 1.29 is 24.2 Å². The van der Waals surface area contributed by atoms with E-state index in [9.17, 15) is 0 Å². The molecule has 0 heterocycles. The summed E-state index contributed by atoms with van der Waals surface area (Å²) in [6.07, 6.45) is 0. The van der Waals surface area contributed by atoms with E-state index < -0.39 is 0 Å². The van der Waals surface area contributed by atoms with Crippen LogP contribution in [0, 0.1) is 0 Å². The fourth-order valence-corrected chi connectivity index (χ4v) is 0. The first kappa shape index (κ1) is 4.92. The zero-order valence-corrected chi connectivity index (χ0v) is 7.45. The molecule has 0 N–H and O–H groups in total. The minimum atomic E-state index is -0.0339. The van der Waals surface area contributed by atoms with Gasteiger partial charge < -0.3 is 0 Å². The van der Waals surface area contributed by atoms with Crippen LogP contribution in [0.1, 0.15) is 6.92 Å². The molecule has 0 saturated heterocycles. The first-order valence-corrected chi connectivity index (χ1v) is 8.80. The standard InChI is InChI=1S/C2H5.CH3.Cd/c1-2;;/h1H2,2H3;1H3;. The summed E-state index contributed by atoms with van der Waals surface area (Å²) >= 11 is -0.0339. The van der Waals surface area contributed by atoms with Gasteiger partial charge in [-0.3, -0.25) is 0 Å². The molecule has 0 bridgehead atoms. The molecular formula is C3H8Cd. The molecule has 0 rings (SSSR count). The molecule has 0 amide bonds. The topological polar surface area (TPSA) is 0 Å². The second-order valence-corrected chi connectivity index (χ2v) is 6.71. The summed E-state index contributed by atoms with van der Waals surface area (Å²) in [7, 11) is 0. The van der Waals surface area contributed by atoms with Gasteiger partial charge in [-0.05, 0) is 0 Å². The average molecular weight is 157 g/mol. The SMILES string of the molecule is C[CH2][Cd][CH3]. The molecule has 0 aromatic rings. The molecule has 0 unspecified atom stereocenters. The fraction of sp³-hybridized carbons (Fsp3) is 1.00. The summed E-state index contributed by atoms with van der Waals surface area (Å²) in [6.45, 7) is 2.27. The Balaban J connectivity index is 1.97. The Bertz CT molecular complexity index is 5.25. The Morgan fingerprint density at radius 2 is 2.00 bits per heavy atom. The van der Waals surface area contributed by atoms with E-state index in [2.05, 4.69) is 11.4 Å². The van der Waals surface area contributed by atoms with Crippen LogP contribution in [0.15, 0.2) is 0 Å². The van der Waals surface area contributed by atoms with Gasteiger partial charge >= 0.3 is 39.6 Å². The minimum absolute atomic E-state index is 0.0339. The second kappa shape index (κ2) is 3.92. The zero-order chi connectivity index (χ0) is 3.41. The Morgan fingerprint density at radius 1 is 1.75 bits per heavy atom. The van der Waals surface area contributed by atoms with E-state index in [1.165, 1.54) is 3.98 Å². The van der Waals surface area contributed by atoms with Crippen LogP contribution < -0.4 is 0 Å². The normalized spacial score (nSPS) is 5.50. The van der Waals surface area contributed by atoms with Crippen LogP contribution in [0.5, 0.6) is 0 Å². The van der Waals surface area contributed by atoms with Crippen LogP contribution in [-0.2, 0) is 24.2 Å². The van der Waals surface area contributed by atoms with Crippen molar-refractivity contribution in [2.75, 3.05) is 0 Å². The Labute approximate surface area is 39.8 Å². The van der Waals surface area contributed by atoms with E-state index in [-0.39, 0.29) is 24.2 Å². The van der Waals surface area contributed by atoms with Gasteiger partial charge in [0.1, 0.15) is 0 Å². The summed E-state index contributed by atoms with van der Waals surface area (Å²) in [5, 5.41) is 0. The number of rotatable bonds is 1. The van der Waals surface area contributed by atoms with Crippen LogP contribution in [0.2, 0.25) is 8.46 Å². The molecule has 0 fully saturated rings. The molecule has 0 aromatic heterocycles.